The van der Waals surface area contributed by atoms with Crippen LogP contribution in [0.3, 0.4) is 0 Å². The fraction of sp³-hybridized carbons (Fsp3) is 0.167. The van der Waals surface area contributed by atoms with E-state index in [1.54, 1.807) is 0 Å². The molecule has 11 rings (SSSR count). The van der Waals surface area contributed by atoms with Crippen molar-refractivity contribution >= 4 is 113 Å². The lowest BCUT2D eigenvalue weighted by Crippen LogP contribution is -2.37. The van der Waals surface area contributed by atoms with Gasteiger partial charge in [0, 0.05) is 72.5 Å². The Kier molecular flexibility index (Phi) is 9.74. The first-order valence-electron chi connectivity index (χ1n) is 23.0. The molecule has 0 saturated heterocycles. The van der Waals surface area contributed by atoms with Crippen LogP contribution in [-0.2, 0) is 0 Å². The van der Waals surface area contributed by atoms with Gasteiger partial charge in [-0.1, -0.05) is 119 Å². The van der Waals surface area contributed by atoms with Crippen molar-refractivity contribution in [1.29, 1.82) is 0 Å². The minimum atomic E-state index is -1.45. The van der Waals surface area contributed by atoms with Crippen LogP contribution < -0.4 is 15.0 Å². The van der Waals surface area contributed by atoms with Gasteiger partial charge in [0.1, 0.15) is 22.3 Å². The summed E-state index contributed by atoms with van der Waals surface area (Å²) in [6.07, 6.45) is 0. The number of fused-ring (bicyclic) bond motifs is 10. The van der Waals surface area contributed by atoms with Gasteiger partial charge in [-0.25, -0.2) is 0 Å². The molecule has 2 heterocycles. The van der Waals surface area contributed by atoms with Crippen molar-refractivity contribution in [1.82, 2.24) is 0 Å². The van der Waals surface area contributed by atoms with E-state index < -0.39 is 8.07 Å². The highest BCUT2D eigenvalue weighted by molar-refractivity contribution is 6.88. The summed E-state index contributed by atoms with van der Waals surface area (Å²) in [7, 11) is -1.45. The summed E-state index contributed by atoms with van der Waals surface area (Å²) in [5, 5.41) is 10.3. The average molecular weight is 863 g/mol. The highest BCUT2D eigenvalue weighted by Gasteiger charge is 2.21. The number of hydrogen-bond donors (Lipinski definition) is 0. The van der Waals surface area contributed by atoms with Crippen LogP contribution in [0.2, 0.25) is 19.6 Å². The van der Waals surface area contributed by atoms with E-state index in [2.05, 4.69) is 234 Å². The first-order valence-corrected chi connectivity index (χ1v) is 26.5. The van der Waals surface area contributed by atoms with E-state index in [1.807, 2.05) is 0 Å². The van der Waals surface area contributed by atoms with E-state index in [-0.39, 0.29) is 0 Å². The highest BCUT2D eigenvalue weighted by atomic mass is 28.3. The molecule has 0 aliphatic rings. The first kappa shape index (κ1) is 40.7. The third kappa shape index (κ3) is 7.15. The largest absolute Gasteiger partial charge is 0.455 e. The summed E-state index contributed by atoms with van der Waals surface area (Å²) in [6.45, 7) is 18.3. The number of aryl methyl sites for hydroxylation is 1. The number of benzene rings is 9. The van der Waals surface area contributed by atoms with Crippen molar-refractivity contribution in [3.05, 3.63) is 187 Å². The zero-order valence-corrected chi connectivity index (χ0v) is 39.5. The van der Waals surface area contributed by atoms with Crippen molar-refractivity contribution in [2.45, 2.75) is 66.1 Å². The molecule has 0 fully saturated rings. The van der Waals surface area contributed by atoms with Crippen molar-refractivity contribution < 1.29 is 8.83 Å². The molecule has 11 aromatic rings. The van der Waals surface area contributed by atoms with Crippen LogP contribution in [0, 0.1) is 6.92 Å². The van der Waals surface area contributed by atoms with Crippen LogP contribution in [-0.4, -0.2) is 8.07 Å². The van der Waals surface area contributed by atoms with Gasteiger partial charge in [0.25, 0.3) is 0 Å². The number of furan rings is 2. The van der Waals surface area contributed by atoms with Gasteiger partial charge in [-0.2, -0.15) is 0 Å². The number of rotatable bonds is 9. The number of nitrogens with zero attached hydrogens (tertiary/aromatic N) is 2. The van der Waals surface area contributed by atoms with Crippen LogP contribution in [0.4, 0.5) is 34.1 Å². The van der Waals surface area contributed by atoms with Crippen LogP contribution in [0.15, 0.2) is 179 Å². The van der Waals surface area contributed by atoms with E-state index in [1.165, 1.54) is 21.9 Å². The SMILES string of the molecule is Cc1ccc(N(c2ccc(C(C)C)cc2)c2ccc3c(ccc4c5cc6c(cc5oc34)oc3c4ccc(N(c5ccc(C(C)C)cc5)c5ccc([Si](C)(C)C)cc5)cc4ccc63)c2)cc1. The Labute approximate surface area is 382 Å². The molecule has 0 spiro atoms. The summed E-state index contributed by atoms with van der Waals surface area (Å²) in [5.74, 6) is 0.942. The van der Waals surface area contributed by atoms with Crippen LogP contribution >= 0.6 is 0 Å². The van der Waals surface area contributed by atoms with Crippen LogP contribution in [0.1, 0.15) is 56.2 Å². The smallest absolute Gasteiger partial charge is 0.143 e. The van der Waals surface area contributed by atoms with Crippen molar-refractivity contribution in [2.75, 3.05) is 9.80 Å². The molecule has 0 atom stereocenters. The second-order valence-corrected chi connectivity index (χ2v) is 24.6. The lowest BCUT2D eigenvalue weighted by molar-refractivity contribution is 0.660. The van der Waals surface area contributed by atoms with E-state index in [4.69, 9.17) is 8.83 Å². The minimum absolute atomic E-state index is 0.470. The fourth-order valence-corrected chi connectivity index (χ4v) is 10.8. The standard InChI is InChI=1S/C60H54N2O2Si/c1-37(2)40-11-19-45(20-12-40)61(44-17-9-39(5)10-18-44)48-25-31-51-42(33-48)15-29-53-55-35-56-54-30-16-43-34-49(26-32-52(43)60(54)64-58(56)36-57(55)63-59(51)53)62(46-21-13-41(14-22-46)38(3)4)47-23-27-50(28-24-47)65(6,7)8/h9-38H,1-8H3. The topological polar surface area (TPSA) is 32.8 Å². The summed E-state index contributed by atoms with van der Waals surface area (Å²) in [4.78, 5) is 4.71. The Morgan fingerprint density at radius 2 is 0.738 bits per heavy atom. The van der Waals surface area contributed by atoms with Gasteiger partial charge >= 0.3 is 0 Å². The zero-order chi connectivity index (χ0) is 44.7. The molecule has 65 heavy (non-hydrogen) atoms. The lowest BCUT2D eigenvalue weighted by Gasteiger charge is -2.27. The number of anilines is 6. The van der Waals surface area contributed by atoms with E-state index in [0.717, 1.165) is 99.5 Å². The molecule has 2 aromatic heterocycles. The van der Waals surface area contributed by atoms with Crippen LogP contribution in [0.25, 0.3) is 65.4 Å². The lowest BCUT2D eigenvalue weighted by atomic mass is 10.0. The molecule has 4 nitrogen and oxygen atoms in total. The number of hydrogen-bond acceptors (Lipinski definition) is 4. The first-order chi connectivity index (χ1) is 31.4. The van der Waals surface area contributed by atoms with Crippen molar-refractivity contribution in [3.8, 4) is 0 Å². The highest BCUT2D eigenvalue weighted by Crippen LogP contribution is 2.44. The van der Waals surface area contributed by atoms with Crippen molar-refractivity contribution in [3.63, 3.8) is 0 Å². The average Bonchev–Trinajstić information content (AvgIpc) is 3.86. The van der Waals surface area contributed by atoms with Gasteiger partial charge in [-0.15, -0.1) is 0 Å². The Morgan fingerprint density at radius 3 is 1.14 bits per heavy atom. The molecule has 0 saturated carbocycles. The Bertz CT molecular complexity index is 3570. The van der Waals surface area contributed by atoms with Gasteiger partial charge in [-0.05, 0) is 144 Å². The zero-order valence-electron chi connectivity index (χ0n) is 38.5. The molecule has 0 N–H and O–H groups in total. The molecule has 0 amide bonds. The molecular formula is C60H54N2O2Si. The van der Waals surface area contributed by atoms with Gasteiger partial charge in [0.15, 0.2) is 0 Å². The maximum atomic E-state index is 6.79. The van der Waals surface area contributed by atoms with Gasteiger partial charge in [0.2, 0.25) is 0 Å². The molecule has 0 bridgehead atoms. The Morgan fingerprint density at radius 1 is 0.369 bits per heavy atom. The summed E-state index contributed by atoms with van der Waals surface area (Å²) in [6, 6.07) is 62.7. The predicted octanol–water partition coefficient (Wildman–Crippen LogP) is 17.8. The van der Waals surface area contributed by atoms with Crippen LogP contribution in [0.5, 0.6) is 0 Å². The minimum Gasteiger partial charge on any atom is -0.455 e. The third-order valence-corrected chi connectivity index (χ3v) is 15.5. The molecule has 9 aromatic carbocycles. The fourth-order valence-electron chi connectivity index (χ4n) is 9.59. The molecule has 0 aliphatic heterocycles. The maximum Gasteiger partial charge on any atom is 0.143 e. The second kappa shape index (κ2) is 15.6. The molecular weight excluding hydrogens is 809 g/mol. The van der Waals surface area contributed by atoms with E-state index >= 15 is 0 Å². The van der Waals surface area contributed by atoms with Gasteiger partial charge < -0.3 is 18.6 Å². The monoisotopic (exact) mass is 862 g/mol. The molecule has 0 radical (unpaired) electrons. The van der Waals surface area contributed by atoms with E-state index in [0.29, 0.717) is 11.8 Å². The summed E-state index contributed by atoms with van der Waals surface area (Å²) >= 11 is 0. The van der Waals surface area contributed by atoms with E-state index in [9.17, 15) is 0 Å². The predicted molar refractivity (Wildman–Crippen MR) is 281 cm³/mol. The normalized spacial score (nSPS) is 12.3. The van der Waals surface area contributed by atoms with Crippen molar-refractivity contribution in [2.24, 2.45) is 0 Å². The summed E-state index contributed by atoms with van der Waals surface area (Å²) in [5.41, 5.74) is 14.1. The molecule has 0 unspecified atom stereocenters. The summed E-state index contributed by atoms with van der Waals surface area (Å²) < 4.78 is 13.6. The molecule has 320 valence electrons. The van der Waals surface area contributed by atoms with Gasteiger partial charge in [-0.3, -0.25) is 0 Å². The molecule has 5 heteroatoms. The van der Waals surface area contributed by atoms with Gasteiger partial charge in [0.05, 0.1) is 8.07 Å². The second-order valence-electron chi connectivity index (χ2n) is 19.5. The Balaban J connectivity index is 0.979. The third-order valence-electron chi connectivity index (χ3n) is 13.4. The Hall–Kier alpha value is -7.08. The maximum absolute atomic E-state index is 6.79. The quantitative estimate of drug-likeness (QED) is 0.135. The molecule has 0 aliphatic carbocycles.